The second-order valence-corrected chi connectivity index (χ2v) is 3.70. The summed E-state index contributed by atoms with van der Waals surface area (Å²) in [6.07, 6.45) is 2.71. The molecule has 0 fully saturated rings. The summed E-state index contributed by atoms with van der Waals surface area (Å²) in [5.74, 6) is 0. The zero-order valence-electron chi connectivity index (χ0n) is 9.47. The summed E-state index contributed by atoms with van der Waals surface area (Å²) in [4.78, 5) is 10.7. The standard InChI is InChI=1S/C13H14N2O/c1-3-15-10(2)13(8-14-15)12-6-4-5-11(7-12)9-16/h4-9H,3H2,1-2H3. The van der Waals surface area contributed by atoms with Gasteiger partial charge < -0.3 is 0 Å². The molecule has 0 bridgehead atoms. The highest BCUT2D eigenvalue weighted by Crippen LogP contribution is 2.23. The first-order valence-corrected chi connectivity index (χ1v) is 5.34. The van der Waals surface area contributed by atoms with Gasteiger partial charge in [-0.2, -0.15) is 5.10 Å². The van der Waals surface area contributed by atoms with E-state index < -0.39 is 0 Å². The minimum atomic E-state index is 0.696. The molecule has 3 heteroatoms. The van der Waals surface area contributed by atoms with E-state index in [4.69, 9.17) is 0 Å². The van der Waals surface area contributed by atoms with Gasteiger partial charge in [-0.15, -0.1) is 0 Å². The predicted octanol–water partition coefficient (Wildman–Crippen LogP) is 2.69. The highest BCUT2D eigenvalue weighted by Gasteiger charge is 2.07. The Morgan fingerprint density at radius 1 is 1.44 bits per heavy atom. The third kappa shape index (κ3) is 1.76. The van der Waals surface area contributed by atoms with Crippen LogP contribution in [0.3, 0.4) is 0 Å². The van der Waals surface area contributed by atoms with E-state index in [1.54, 1.807) is 6.07 Å². The molecule has 1 aromatic carbocycles. The Morgan fingerprint density at radius 3 is 2.88 bits per heavy atom. The van der Waals surface area contributed by atoms with Gasteiger partial charge in [0.05, 0.1) is 6.20 Å². The highest BCUT2D eigenvalue weighted by atomic mass is 16.1. The van der Waals surface area contributed by atoms with Crippen molar-refractivity contribution in [2.24, 2.45) is 0 Å². The summed E-state index contributed by atoms with van der Waals surface area (Å²) in [7, 11) is 0. The van der Waals surface area contributed by atoms with Crippen molar-refractivity contribution in [1.82, 2.24) is 9.78 Å². The van der Waals surface area contributed by atoms with Crippen LogP contribution in [0.2, 0.25) is 0 Å². The summed E-state index contributed by atoms with van der Waals surface area (Å²) in [6.45, 7) is 4.96. The van der Waals surface area contributed by atoms with E-state index in [-0.39, 0.29) is 0 Å². The van der Waals surface area contributed by atoms with Gasteiger partial charge in [0.15, 0.2) is 0 Å². The molecule has 0 atom stereocenters. The van der Waals surface area contributed by atoms with Crippen LogP contribution in [0.5, 0.6) is 0 Å². The summed E-state index contributed by atoms with van der Waals surface area (Å²) in [5, 5.41) is 4.29. The Bertz CT molecular complexity index is 514. The number of carbonyl (C=O) groups is 1. The minimum Gasteiger partial charge on any atom is -0.298 e. The van der Waals surface area contributed by atoms with E-state index >= 15 is 0 Å². The molecule has 0 saturated carbocycles. The number of aldehydes is 1. The van der Waals surface area contributed by atoms with Gasteiger partial charge in [0.25, 0.3) is 0 Å². The average molecular weight is 214 g/mol. The summed E-state index contributed by atoms with van der Waals surface area (Å²) < 4.78 is 1.95. The zero-order chi connectivity index (χ0) is 11.5. The first-order chi connectivity index (χ1) is 7.76. The Balaban J connectivity index is 2.49. The van der Waals surface area contributed by atoms with Gasteiger partial charge in [-0.25, -0.2) is 0 Å². The van der Waals surface area contributed by atoms with Gasteiger partial charge >= 0.3 is 0 Å². The van der Waals surface area contributed by atoms with Crippen LogP contribution in [0.1, 0.15) is 23.0 Å². The Hall–Kier alpha value is -1.90. The molecule has 2 aromatic rings. The predicted molar refractivity (Wildman–Crippen MR) is 63.5 cm³/mol. The number of nitrogens with zero attached hydrogens (tertiary/aromatic N) is 2. The van der Waals surface area contributed by atoms with Crippen molar-refractivity contribution in [3.8, 4) is 11.1 Å². The van der Waals surface area contributed by atoms with Gasteiger partial charge in [0.2, 0.25) is 0 Å². The SMILES string of the molecule is CCn1ncc(-c2cccc(C=O)c2)c1C. The molecule has 0 radical (unpaired) electrons. The number of benzene rings is 1. The van der Waals surface area contributed by atoms with Crippen molar-refractivity contribution in [2.45, 2.75) is 20.4 Å². The highest BCUT2D eigenvalue weighted by molar-refractivity contribution is 5.79. The lowest BCUT2D eigenvalue weighted by molar-refractivity contribution is 0.112. The number of carbonyl (C=O) groups excluding carboxylic acids is 1. The molecule has 82 valence electrons. The van der Waals surface area contributed by atoms with Gasteiger partial charge in [-0.05, 0) is 25.5 Å². The third-order valence-electron chi connectivity index (χ3n) is 2.74. The van der Waals surface area contributed by atoms with Crippen LogP contribution in [0.4, 0.5) is 0 Å². The van der Waals surface area contributed by atoms with Crippen molar-refractivity contribution in [1.29, 1.82) is 0 Å². The van der Waals surface area contributed by atoms with Crippen molar-refractivity contribution in [3.63, 3.8) is 0 Å². The minimum absolute atomic E-state index is 0.696. The molecular weight excluding hydrogens is 200 g/mol. The normalized spacial score (nSPS) is 10.4. The average Bonchev–Trinajstić information content (AvgIpc) is 2.70. The second-order valence-electron chi connectivity index (χ2n) is 3.70. The van der Waals surface area contributed by atoms with Crippen LogP contribution >= 0.6 is 0 Å². The van der Waals surface area contributed by atoms with E-state index in [1.165, 1.54) is 0 Å². The summed E-state index contributed by atoms with van der Waals surface area (Å²) in [5.41, 5.74) is 3.96. The van der Waals surface area contributed by atoms with E-state index in [9.17, 15) is 4.79 Å². The Kier molecular flexibility index (Phi) is 2.86. The topological polar surface area (TPSA) is 34.9 Å². The number of hydrogen-bond donors (Lipinski definition) is 0. The molecule has 0 spiro atoms. The van der Waals surface area contributed by atoms with Crippen LogP contribution in [0.15, 0.2) is 30.5 Å². The fourth-order valence-electron chi connectivity index (χ4n) is 1.83. The van der Waals surface area contributed by atoms with Crippen molar-refractivity contribution in [2.75, 3.05) is 0 Å². The molecule has 1 aromatic heterocycles. The molecule has 2 rings (SSSR count). The lowest BCUT2D eigenvalue weighted by atomic mass is 10.0. The molecular formula is C13H14N2O. The molecule has 1 heterocycles. The van der Waals surface area contributed by atoms with Crippen LogP contribution in [-0.2, 0) is 6.54 Å². The van der Waals surface area contributed by atoms with E-state index in [0.29, 0.717) is 5.56 Å². The van der Waals surface area contributed by atoms with Crippen LogP contribution in [-0.4, -0.2) is 16.1 Å². The van der Waals surface area contributed by atoms with Crippen LogP contribution in [0, 0.1) is 6.92 Å². The number of rotatable bonds is 3. The first kappa shape index (κ1) is 10.6. The molecule has 0 unspecified atom stereocenters. The summed E-state index contributed by atoms with van der Waals surface area (Å²) in [6, 6.07) is 7.58. The smallest absolute Gasteiger partial charge is 0.150 e. The maximum Gasteiger partial charge on any atom is 0.150 e. The summed E-state index contributed by atoms with van der Waals surface area (Å²) >= 11 is 0. The lowest BCUT2D eigenvalue weighted by Gasteiger charge is -2.03. The Morgan fingerprint density at radius 2 is 2.25 bits per heavy atom. The van der Waals surface area contributed by atoms with Gasteiger partial charge in [-0.1, -0.05) is 18.2 Å². The second kappa shape index (κ2) is 4.31. The quantitative estimate of drug-likeness (QED) is 0.736. The van der Waals surface area contributed by atoms with Crippen LogP contribution in [0.25, 0.3) is 11.1 Å². The van der Waals surface area contributed by atoms with Gasteiger partial charge in [0, 0.05) is 23.4 Å². The largest absolute Gasteiger partial charge is 0.298 e. The van der Waals surface area contributed by atoms with E-state index in [0.717, 1.165) is 29.7 Å². The van der Waals surface area contributed by atoms with E-state index in [1.807, 2.05) is 36.0 Å². The van der Waals surface area contributed by atoms with E-state index in [2.05, 4.69) is 12.0 Å². The van der Waals surface area contributed by atoms with Gasteiger partial charge in [-0.3, -0.25) is 9.48 Å². The molecule has 0 aliphatic rings. The fraction of sp³-hybridized carbons (Fsp3) is 0.231. The Labute approximate surface area is 94.7 Å². The van der Waals surface area contributed by atoms with Crippen molar-refractivity contribution in [3.05, 3.63) is 41.7 Å². The molecule has 0 amide bonds. The number of aryl methyl sites for hydroxylation is 1. The molecule has 0 N–H and O–H groups in total. The van der Waals surface area contributed by atoms with Crippen molar-refractivity contribution >= 4 is 6.29 Å². The van der Waals surface area contributed by atoms with Crippen LogP contribution < -0.4 is 0 Å². The fourth-order valence-corrected chi connectivity index (χ4v) is 1.83. The molecule has 0 aliphatic carbocycles. The number of aromatic nitrogens is 2. The van der Waals surface area contributed by atoms with Gasteiger partial charge in [0.1, 0.15) is 6.29 Å². The first-order valence-electron chi connectivity index (χ1n) is 5.34. The van der Waals surface area contributed by atoms with Crippen molar-refractivity contribution < 1.29 is 4.79 Å². The maximum atomic E-state index is 10.7. The molecule has 16 heavy (non-hydrogen) atoms. The monoisotopic (exact) mass is 214 g/mol. The molecule has 0 aliphatic heterocycles. The molecule has 3 nitrogen and oxygen atoms in total. The lowest BCUT2D eigenvalue weighted by Crippen LogP contribution is -1.98. The maximum absolute atomic E-state index is 10.7. The molecule has 0 saturated heterocycles. The zero-order valence-corrected chi connectivity index (χ0v) is 9.47. The number of hydrogen-bond acceptors (Lipinski definition) is 2. The third-order valence-corrected chi connectivity index (χ3v) is 2.74.